The van der Waals surface area contributed by atoms with Gasteiger partial charge in [0, 0.05) is 48.5 Å². The van der Waals surface area contributed by atoms with Crippen LogP contribution in [0.2, 0.25) is 0 Å². The number of fused-ring (bicyclic) bond motifs is 7. The summed E-state index contributed by atoms with van der Waals surface area (Å²) in [7, 11) is 0. The number of para-hydroxylation sites is 1. The van der Waals surface area contributed by atoms with Gasteiger partial charge in [0.2, 0.25) is 0 Å². The van der Waals surface area contributed by atoms with Gasteiger partial charge >= 0.3 is 0 Å². The maximum absolute atomic E-state index is 6.48. The lowest BCUT2D eigenvalue weighted by Crippen LogP contribution is -2.03. The van der Waals surface area contributed by atoms with Crippen LogP contribution in [0.4, 0.5) is 0 Å². The van der Waals surface area contributed by atoms with E-state index >= 15 is 0 Å². The van der Waals surface area contributed by atoms with E-state index in [2.05, 4.69) is 170 Å². The Hall–Kier alpha value is -7.21. The van der Waals surface area contributed by atoms with E-state index < -0.39 is 0 Å². The molecule has 0 aliphatic carbocycles. The molecule has 11 aromatic rings. The van der Waals surface area contributed by atoms with Gasteiger partial charge in [-0.1, -0.05) is 146 Å². The van der Waals surface area contributed by atoms with Gasteiger partial charge < -0.3 is 4.42 Å². The summed E-state index contributed by atoms with van der Waals surface area (Å²) in [4.78, 5) is 15.8. The van der Waals surface area contributed by atoms with Crippen molar-refractivity contribution in [1.82, 2.24) is 15.0 Å². The molecular formula is C52H33N3OS. The summed E-state index contributed by atoms with van der Waals surface area (Å²) in [5.74, 6) is 1.94. The number of furan rings is 1. The van der Waals surface area contributed by atoms with Crippen LogP contribution in [-0.2, 0) is 6.42 Å². The zero-order valence-corrected chi connectivity index (χ0v) is 31.6. The molecule has 0 saturated heterocycles. The highest BCUT2D eigenvalue weighted by atomic mass is 32.1. The Balaban J connectivity index is 1.10. The Labute approximate surface area is 333 Å². The summed E-state index contributed by atoms with van der Waals surface area (Å²) in [6, 6.07) is 61.8. The predicted molar refractivity (Wildman–Crippen MR) is 238 cm³/mol. The highest BCUT2D eigenvalue weighted by Crippen LogP contribution is 2.44. The first-order valence-electron chi connectivity index (χ1n) is 19.1. The molecule has 11 rings (SSSR count). The molecule has 0 unspecified atom stereocenters. The van der Waals surface area contributed by atoms with Gasteiger partial charge in [-0.25, -0.2) is 15.0 Å². The molecule has 57 heavy (non-hydrogen) atoms. The monoisotopic (exact) mass is 747 g/mol. The minimum Gasteiger partial charge on any atom is -0.456 e. The third kappa shape index (κ3) is 6.06. The highest BCUT2D eigenvalue weighted by molar-refractivity contribution is 7.25. The SMILES string of the molecule is C(=C/c1cccc(-c2ccccc2)c1)/Cc1nc(-c2ccc3ccccc3c2)nc(-c2c(-c3ccc4c(c3)sc3ccccc34)ccc3oc4ccccc4c23)n1. The Kier molecular flexibility index (Phi) is 8.04. The summed E-state index contributed by atoms with van der Waals surface area (Å²) in [6.07, 6.45) is 4.83. The lowest BCUT2D eigenvalue weighted by atomic mass is 9.94. The van der Waals surface area contributed by atoms with Crippen LogP contribution >= 0.6 is 11.3 Å². The van der Waals surface area contributed by atoms with Crippen LogP contribution < -0.4 is 0 Å². The minimum absolute atomic E-state index is 0.525. The average Bonchev–Trinajstić information content (AvgIpc) is 3.84. The zero-order valence-electron chi connectivity index (χ0n) is 30.8. The molecule has 3 heterocycles. The summed E-state index contributed by atoms with van der Waals surface area (Å²) in [5.41, 5.74) is 9.14. The lowest BCUT2D eigenvalue weighted by molar-refractivity contribution is 0.669. The fourth-order valence-corrected chi connectivity index (χ4v) is 9.16. The van der Waals surface area contributed by atoms with E-state index in [1.54, 1.807) is 0 Å². The zero-order chi connectivity index (χ0) is 37.7. The quantitative estimate of drug-likeness (QED) is 0.163. The van der Waals surface area contributed by atoms with E-state index in [1.807, 2.05) is 29.5 Å². The normalized spacial score (nSPS) is 11.9. The molecule has 0 atom stereocenters. The fourth-order valence-electron chi connectivity index (χ4n) is 8.02. The van der Waals surface area contributed by atoms with Crippen LogP contribution in [0.3, 0.4) is 0 Å². The molecule has 0 spiro atoms. The first-order chi connectivity index (χ1) is 28.2. The van der Waals surface area contributed by atoms with E-state index in [4.69, 9.17) is 19.4 Å². The second kappa shape index (κ2) is 13.8. The molecule has 0 radical (unpaired) electrons. The van der Waals surface area contributed by atoms with Gasteiger partial charge in [0.1, 0.15) is 17.0 Å². The minimum atomic E-state index is 0.525. The first-order valence-corrected chi connectivity index (χ1v) is 20.0. The number of hydrogen-bond acceptors (Lipinski definition) is 5. The smallest absolute Gasteiger partial charge is 0.165 e. The number of benzene rings is 8. The van der Waals surface area contributed by atoms with Gasteiger partial charge in [0.25, 0.3) is 0 Å². The van der Waals surface area contributed by atoms with Crippen molar-refractivity contribution < 1.29 is 4.42 Å². The van der Waals surface area contributed by atoms with Crippen molar-refractivity contribution in [2.24, 2.45) is 0 Å². The van der Waals surface area contributed by atoms with E-state index in [1.165, 1.54) is 36.7 Å². The molecule has 0 bridgehead atoms. The molecule has 268 valence electrons. The van der Waals surface area contributed by atoms with Crippen LogP contribution in [0.25, 0.3) is 104 Å². The molecule has 8 aromatic carbocycles. The van der Waals surface area contributed by atoms with Gasteiger partial charge in [-0.2, -0.15) is 0 Å². The number of allylic oxidation sites excluding steroid dienone is 1. The van der Waals surface area contributed by atoms with Crippen molar-refractivity contribution in [1.29, 1.82) is 0 Å². The largest absolute Gasteiger partial charge is 0.456 e. The molecule has 0 saturated carbocycles. The van der Waals surface area contributed by atoms with Crippen LogP contribution in [0.1, 0.15) is 11.4 Å². The van der Waals surface area contributed by atoms with Gasteiger partial charge in [0.05, 0.1) is 0 Å². The molecular weight excluding hydrogens is 715 g/mol. The Morgan fingerprint density at radius 2 is 1.23 bits per heavy atom. The summed E-state index contributed by atoms with van der Waals surface area (Å²) >= 11 is 1.82. The fraction of sp³-hybridized carbons (Fsp3) is 0.0192. The molecule has 5 heteroatoms. The van der Waals surface area contributed by atoms with Crippen LogP contribution in [0, 0.1) is 0 Å². The number of hydrogen-bond donors (Lipinski definition) is 0. The number of thiophene rings is 1. The van der Waals surface area contributed by atoms with Gasteiger partial charge in [-0.05, 0) is 81.1 Å². The molecule has 0 aliphatic heterocycles. The Bertz CT molecular complexity index is 3340. The summed E-state index contributed by atoms with van der Waals surface area (Å²) < 4.78 is 9.01. The maximum atomic E-state index is 6.48. The first kappa shape index (κ1) is 33.2. The van der Waals surface area contributed by atoms with E-state index in [0.717, 1.165) is 55.1 Å². The van der Waals surface area contributed by atoms with Crippen molar-refractivity contribution in [2.75, 3.05) is 0 Å². The summed E-state index contributed by atoms with van der Waals surface area (Å²) in [5, 5.41) is 6.87. The highest BCUT2D eigenvalue weighted by Gasteiger charge is 2.22. The molecule has 0 amide bonds. The second-order valence-corrected chi connectivity index (χ2v) is 15.4. The van der Waals surface area contributed by atoms with Crippen molar-refractivity contribution in [3.63, 3.8) is 0 Å². The Morgan fingerprint density at radius 1 is 0.474 bits per heavy atom. The number of aromatic nitrogens is 3. The Morgan fingerprint density at radius 3 is 2.16 bits per heavy atom. The van der Waals surface area contributed by atoms with Crippen molar-refractivity contribution in [3.8, 4) is 45.0 Å². The topological polar surface area (TPSA) is 51.8 Å². The molecule has 0 aliphatic rings. The van der Waals surface area contributed by atoms with E-state index in [9.17, 15) is 0 Å². The second-order valence-electron chi connectivity index (χ2n) is 14.3. The number of nitrogens with zero attached hydrogens (tertiary/aromatic N) is 3. The average molecular weight is 748 g/mol. The van der Waals surface area contributed by atoms with Crippen LogP contribution in [0.5, 0.6) is 0 Å². The summed E-state index contributed by atoms with van der Waals surface area (Å²) in [6.45, 7) is 0. The van der Waals surface area contributed by atoms with E-state index in [-0.39, 0.29) is 0 Å². The van der Waals surface area contributed by atoms with Gasteiger partial charge in [-0.15, -0.1) is 11.3 Å². The molecule has 4 nitrogen and oxygen atoms in total. The third-order valence-corrected chi connectivity index (χ3v) is 11.9. The van der Waals surface area contributed by atoms with Crippen molar-refractivity contribution in [3.05, 3.63) is 193 Å². The maximum Gasteiger partial charge on any atom is 0.165 e. The van der Waals surface area contributed by atoms with Crippen molar-refractivity contribution >= 4 is 70.3 Å². The molecule has 0 N–H and O–H groups in total. The van der Waals surface area contributed by atoms with Crippen LogP contribution in [0.15, 0.2) is 186 Å². The molecule has 3 aromatic heterocycles. The number of rotatable bonds is 7. The van der Waals surface area contributed by atoms with Gasteiger partial charge in [-0.3, -0.25) is 0 Å². The van der Waals surface area contributed by atoms with Crippen LogP contribution in [-0.4, -0.2) is 15.0 Å². The standard InChI is InChI=1S/C52H33N3OS/c1-2-14-34(15-3-1)36-18-10-12-33(30-36)13-11-23-48-53-51(39-25-24-35-16-4-5-17-37(35)31-39)55-52(54-48)50-40(28-29-45-49(50)43-20-6-8-21-44(43)56-45)38-26-27-42-41-19-7-9-22-46(41)57-47(42)32-38/h1-22,24-32H,23H2/b13-11-. The third-order valence-electron chi connectivity index (χ3n) is 10.8. The molecule has 0 fully saturated rings. The van der Waals surface area contributed by atoms with E-state index in [0.29, 0.717) is 23.9 Å². The van der Waals surface area contributed by atoms with Crippen molar-refractivity contribution in [2.45, 2.75) is 6.42 Å². The predicted octanol–water partition coefficient (Wildman–Crippen LogP) is 14.2. The lowest BCUT2D eigenvalue weighted by Gasteiger charge is -2.13. The van der Waals surface area contributed by atoms with Gasteiger partial charge in [0.15, 0.2) is 11.6 Å².